The molecule has 0 saturated carbocycles. The number of carbonyl (C=O) groups excluding carboxylic acids is 1. The van der Waals surface area contributed by atoms with Crippen molar-refractivity contribution in [1.29, 1.82) is 0 Å². The van der Waals surface area contributed by atoms with Crippen molar-refractivity contribution >= 4 is 40.2 Å². The Kier molecular flexibility index (Phi) is 5.18. The fourth-order valence-corrected chi connectivity index (χ4v) is 3.11. The van der Waals surface area contributed by atoms with Gasteiger partial charge in [-0.05, 0) is 26.0 Å². The van der Waals surface area contributed by atoms with E-state index in [1.165, 1.54) is 11.8 Å². The Balaban J connectivity index is 1.72. The summed E-state index contributed by atoms with van der Waals surface area (Å²) in [7, 11) is 1.80. The first kappa shape index (κ1) is 17.2. The molecule has 2 heterocycles. The van der Waals surface area contributed by atoms with Gasteiger partial charge in [-0.15, -0.1) is 0 Å². The van der Waals surface area contributed by atoms with E-state index in [4.69, 9.17) is 0 Å². The van der Waals surface area contributed by atoms with E-state index in [1.807, 2.05) is 44.2 Å². The van der Waals surface area contributed by atoms with E-state index in [-0.39, 0.29) is 11.7 Å². The van der Waals surface area contributed by atoms with Crippen molar-refractivity contribution in [2.75, 3.05) is 22.9 Å². The van der Waals surface area contributed by atoms with E-state index in [0.29, 0.717) is 11.0 Å². The van der Waals surface area contributed by atoms with Crippen LogP contribution in [0.5, 0.6) is 0 Å². The predicted octanol–water partition coefficient (Wildman–Crippen LogP) is 2.83. The third-order valence-corrected chi connectivity index (χ3v) is 4.38. The Morgan fingerprint density at radius 3 is 2.80 bits per heavy atom. The Bertz CT molecular complexity index is 907. The van der Waals surface area contributed by atoms with Gasteiger partial charge < -0.3 is 10.6 Å². The van der Waals surface area contributed by atoms with E-state index < -0.39 is 0 Å². The summed E-state index contributed by atoms with van der Waals surface area (Å²) in [5, 5.41) is 11.9. The maximum Gasteiger partial charge on any atom is 0.235 e. The molecule has 2 aromatic heterocycles. The molecule has 1 aromatic carbocycles. The van der Waals surface area contributed by atoms with Crippen molar-refractivity contribution in [3.63, 3.8) is 0 Å². The quantitative estimate of drug-likeness (QED) is 0.522. The highest BCUT2D eigenvalue weighted by Gasteiger charge is 2.11. The van der Waals surface area contributed by atoms with Gasteiger partial charge in [0, 0.05) is 25.0 Å². The monoisotopic (exact) mass is 356 g/mol. The van der Waals surface area contributed by atoms with E-state index in [2.05, 4.69) is 25.7 Å². The van der Waals surface area contributed by atoms with Gasteiger partial charge in [-0.3, -0.25) is 9.48 Å². The summed E-state index contributed by atoms with van der Waals surface area (Å²) in [5.74, 6) is 1.58. The number of anilines is 2. The lowest BCUT2D eigenvalue weighted by Gasteiger charge is -2.09. The van der Waals surface area contributed by atoms with Crippen LogP contribution in [0.25, 0.3) is 10.9 Å². The van der Waals surface area contributed by atoms with Crippen LogP contribution in [0, 0.1) is 6.92 Å². The zero-order valence-electron chi connectivity index (χ0n) is 14.4. The van der Waals surface area contributed by atoms with Crippen LogP contribution in [0.1, 0.15) is 12.6 Å². The van der Waals surface area contributed by atoms with Crippen molar-refractivity contribution in [1.82, 2.24) is 19.7 Å². The molecule has 0 radical (unpaired) electrons. The second-order valence-corrected chi connectivity index (χ2v) is 6.48. The molecule has 0 aliphatic carbocycles. The van der Waals surface area contributed by atoms with Gasteiger partial charge in [-0.25, -0.2) is 9.97 Å². The van der Waals surface area contributed by atoms with Crippen molar-refractivity contribution in [3.05, 3.63) is 36.0 Å². The average Bonchev–Trinajstić information content (AvgIpc) is 2.90. The molecular formula is C17H20N6OS. The summed E-state index contributed by atoms with van der Waals surface area (Å²) in [4.78, 5) is 21.2. The molecule has 1 amide bonds. The molecule has 2 N–H and O–H groups in total. The topological polar surface area (TPSA) is 84.7 Å². The third-order valence-electron chi connectivity index (χ3n) is 3.53. The molecule has 0 fully saturated rings. The van der Waals surface area contributed by atoms with E-state index in [9.17, 15) is 4.79 Å². The maximum atomic E-state index is 12.2. The van der Waals surface area contributed by atoms with E-state index >= 15 is 0 Å². The standard InChI is InChI=1S/C17H20N6OS/c1-4-18-16-12-7-5-6-8-13(12)19-17(21-16)25-10-15(24)20-14-9-11(2)22-23(14)3/h5-9H,4,10H2,1-3H3,(H,20,24)(H,18,19,21). The second-order valence-electron chi connectivity index (χ2n) is 5.53. The number of fused-ring (bicyclic) bond motifs is 1. The molecule has 0 aliphatic heterocycles. The number of nitrogens with zero attached hydrogens (tertiary/aromatic N) is 4. The highest BCUT2D eigenvalue weighted by Crippen LogP contribution is 2.24. The van der Waals surface area contributed by atoms with Crippen LogP contribution in [0.15, 0.2) is 35.5 Å². The fraction of sp³-hybridized carbons (Fsp3) is 0.294. The Hall–Kier alpha value is -2.61. The van der Waals surface area contributed by atoms with Crippen LogP contribution < -0.4 is 10.6 Å². The minimum absolute atomic E-state index is 0.116. The largest absolute Gasteiger partial charge is 0.370 e. The number of hydrogen-bond donors (Lipinski definition) is 2. The fourth-order valence-electron chi connectivity index (χ4n) is 2.46. The number of hydrogen-bond acceptors (Lipinski definition) is 6. The molecule has 3 aromatic rings. The lowest BCUT2D eigenvalue weighted by Crippen LogP contribution is -2.16. The van der Waals surface area contributed by atoms with Gasteiger partial charge >= 0.3 is 0 Å². The highest BCUT2D eigenvalue weighted by molar-refractivity contribution is 7.99. The van der Waals surface area contributed by atoms with Gasteiger partial charge in [0.25, 0.3) is 0 Å². The van der Waals surface area contributed by atoms with Crippen molar-refractivity contribution < 1.29 is 4.79 Å². The van der Waals surface area contributed by atoms with Gasteiger partial charge in [0.05, 0.1) is 17.0 Å². The first-order chi connectivity index (χ1) is 12.1. The van der Waals surface area contributed by atoms with Crippen LogP contribution in [0.3, 0.4) is 0 Å². The number of nitrogens with one attached hydrogen (secondary N) is 2. The number of thioether (sulfide) groups is 1. The first-order valence-electron chi connectivity index (χ1n) is 8.00. The number of para-hydroxylation sites is 1. The van der Waals surface area contributed by atoms with Crippen LogP contribution in [-0.4, -0.2) is 38.0 Å². The molecule has 0 spiro atoms. The van der Waals surface area contributed by atoms with Crippen molar-refractivity contribution in [2.24, 2.45) is 7.05 Å². The lowest BCUT2D eigenvalue weighted by atomic mass is 10.2. The summed E-state index contributed by atoms with van der Waals surface area (Å²) >= 11 is 1.31. The zero-order valence-corrected chi connectivity index (χ0v) is 15.2. The summed E-state index contributed by atoms with van der Waals surface area (Å²) in [6.07, 6.45) is 0. The summed E-state index contributed by atoms with van der Waals surface area (Å²) in [6, 6.07) is 9.66. The molecule has 8 heteroatoms. The number of aromatic nitrogens is 4. The van der Waals surface area contributed by atoms with Crippen molar-refractivity contribution in [2.45, 2.75) is 19.0 Å². The molecule has 7 nitrogen and oxygen atoms in total. The minimum Gasteiger partial charge on any atom is -0.370 e. The number of benzene rings is 1. The van der Waals surface area contributed by atoms with Crippen LogP contribution in [0.2, 0.25) is 0 Å². The van der Waals surface area contributed by atoms with Gasteiger partial charge in [0.15, 0.2) is 5.16 Å². The third kappa shape index (κ3) is 4.08. The zero-order chi connectivity index (χ0) is 17.8. The highest BCUT2D eigenvalue weighted by atomic mass is 32.2. The van der Waals surface area contributed by atoms with Gasteiger partial charge in [0.2, 0.25) is 5.91 Å². The van der Waals surface area contributed by atoms with Crippen molar-refractivity contribution in [3.8, 4) is 0 Å². The smallest absolute Gasteiger partial charge is 0.235 e. The number of rotatable bonds is 6. The number of aryl methyl sites for hydroxylation is 2. The molecular weight excluding hydrogens is 336 g/mol. The van der Waals surface area contributed by atoms with Crippen LogP contribution in [0.4, 0.5) is 11.6 Å². The molecule has 0 saturated heterocycles. The summed E-state index contributed by atoms with van der Waals surface area (Å²) in [6.45, 7) is 4.67. The molecule has 0 bridgehead atoms. The molecule has 130 valence electrons. The van der Waals surface area contributed by atoms with Gasteiger partial charge in [0.1, 0.15) is 11.6 Å². The molecule has 0 aliphatic rings. The number of carbonyl (C=O) groups is 1. The minimum atomic E-state index is -0.116. The summed E-state index contributed by atoms with van der Waals surface area (Å²) < 4.78 is 1.65. The molecule has 0 unspecified atom stereocenters. The Morgan fingerprint density at radius 2 is 2.08 bits per heavy atom. The van der Waals surface area contributed by atoms with Crippen LogP contribution in [-0.2, 0) is 11.8 Å². The first-order valence-corrected chi connectivity index (χ1v) is 8.99. The number of amides is 1. The van der Waals surface area contributed by atoms with E-state index in [0.717, 1.165) is 29.0 Å². The maximum absolute atomic E-state index is 12.2. The van der Waals surface area contributed by atoms with Gasteiger partial charge in [-0.1, -0.05) is 23.9 Å². The predicted molar refractivity (Wildman–Crippen MR) is 101 cm³/mol. The van der Waals surface area contributed by atoms with Crippen LogP contribution >= 0.6 is 11.8 Å². The Labute approximate surface area is 150 Å². The summed E-state index contributed by atoms with van der Waals surface area (Å²) in [5.41, 5.74) is 1.72. The Morgan fingerprint density at radius 1 is 1.28 bits per heavy atom. The average molecular weight is 356 g/mol. The van der Waals surface area contributed by atoms with Gasteiger partial charge in [-0.2, -0.15) is 5.10 Å². The molecule has 25 heavy (non-hydrogen) atoms. The lowest BCUT2D eigenvalue weighted by molar-refractivity contribution is -0.113. The second kappa shape index (κ2) is 7.52. The van der Waals surface area contributed by atoms with E-state index in [1.54, 1.807) is 11.7 Å². The normalized spacial score (nSPS) is 10.8. The molecule has 3 rings (SSSR count). The SMILES string of the molecule is CCNc1nc(SCC(=O)Nc2cc(C)nn2C)nc2ccccc12. The molecule has 0 atom stereocenters.